The van der Waals surface area contributed by atoms with Gasteiger partial charge in [-0.2, -0.15) is 0 Å². The van der Waals surface area contributed by atoms with Gasteiger partial charge in [-0.25, -0.2) is 4.98 Å². The van der Waals surface area contributed by atoms with E-state index in [2.05, 4.69) is 10.3 Å². The molecule has 21 heavy (non-hydrogen) atoms. The van der Waals surface area contributed by atoms with E-state index in [9.17, 15) is 14.7 Å². The van der Waals surface area contributed by atoms with Crippen LogP contribution in [0.15, 0.2) is 12.3 Å². The predicted molar refractivity (Wildman–Crippen MR) is 77.5 cm³/mol. The van der Waals surface area contributed by atoms with E-state index in [1.54, 1.807) is 0 Å². The first-order chi connectivity index (χ1) is 9.97. The van der Waals surface area contributed by atoms with E-state index in [1.165, 1.54) is 12.3 Å². The third kappa shape index (κ3) is 2.60. The van der Waals surface area contributed by atoms with E-state index in [1.807, 2.05) is 0 Å². The molecule has 0 aliphatic heterocycles. The second-order valence-electron chi connectivity index (χ2n) is 5.68. The van der Waals surface area contributed by atoms with Crippen LogP contribution in [-0.4, -0.2) is 28.0 Å². The van der Waals surface area contributed by atoms with Gasteiger partial charge in [0.1, 0.15) is 5.15 Å². The first-order valence-corrected chi connectivity index (χ1v) is 7.57. The number of aliphatic carboxylic acids is 1. The molecular weight excluding hydrogens is 315 g/mol. The zero-order valence-electron chi connectivity index (χ0n) is 11.1. The first kappa shape index (κ1) is 14.6. The number of hydrogen-bond acceptors (Lipinski definition) is 3. The maximum Gasteiger partial charge on any atom is 0.308 e. The molecule has 1 aromatic heterocycles. The molecule has 1 amide bonds. The lowest BCUT2D eigenvalue weighted by Crippen LogP contribution is -2.46. The molecule has 2 N–H and O–H groups in total. The van der Waals surface area contributed by atoms with Crippen LogP contribution in [0.2, 0.25) is 10.2 Å². The Morgan fingerprint density at radius 1 is 1.29 bits per heavy atom. The van der Waals surface area contributed by atoms with Gasteiger partial charge in [0.15, 0.2) is 0 Å². The number of carboxylic acids is 1. The Kier molecular flexibility index (Phi) is 3.80. The lowest BCUT2D eigenvalue weighted by molar-refractivity contribution is -0.144. The molecule has 2 aliphatic rings. The molecule has 2 aliphatic carbocycles. The highest BCUT2D eigenvalue weighted by Gasteiger charge is 2.51. The van der Waals surface area contributed by atoms with Gasteiger partial charge in [0.2, 0.25) is 0 Å². The molecule has 1 heterocycles. The zero-order valence-corrected chi connectivity index (χ0v) is 12.6. The fourth-order valence-corrected chi connectivity index (χ4v) is 4.02. The summed E-state index contributed by atoms with van der Waals surface area (Å²) in [5.74, 6) is -1.35. The van der Waals surface area contributed by atoms with Crippen molar-refractivity contribution in [1.29, 1.82) is 0 Å². The van der Waals surface area contributed by atoms with Crippen molar-refractivity contribution in [3.05, 3.63) is 28.0 Å². The molecule has 0 radical (unpaired) electrons. The number of amides is 1. The highest BCUT2D eigenvalue weighted by molar-refractivity contribution is 6.35. The van der Waals surface area contributed by atoms with Crippen molar-refractivity contribution in [3.8, 4) is 0 Å². The topological polar surface area (TPSA) is 79.3 Å². The minimum Gasteiger partial charge on any atom is -0.481 e. The Labute approximate surface area is 131 Å². The number of fused-ring (bicyclic) bond motifs is 2. The van der Waals surface area contributed by atoms with Crippen LogP contribution in [-0.2, 0) is 4.79 Å². The van der Waals surface area contributed by atoms with Gasteiger partial charge in [0.05, 0.1) is 16.5 Å². The summed E-state index contributed by atoms with van der Waals surface area (Å²) in [5.41, 5.74) is 0.226. The summed E-state index contributed by atoms with van der Waals surface area (Å²) in [6.07, 6.45) is 4.07. The summed E-state index contributed by atoms with van der Waals surface area (Å²) in [5, 5.41) is 12.6. The van der Waals surface area contributed by atoms with E-state index in [4.69, 9.17) is 23.2 Å². The number of nitrogens with one attached hydrogen (secondary N) is 1. The van der Waals surface area contributed by atoms with Crippen molar-refractivity contribution >= 4 is 35.1 Å². The highest BCUT2D eigenvalue weighted by Crippen LogP contribution is 2.48. The van der Waals surface area contributed by atoms with Crippen LogP contribution in [0.3, 0.4) is 0 Å². The normalized spacial score (nSPS) is 30.4. The molecule has 5 nitrogen and oxygen atoms in total. The van der Waals surface area contributed by atoms with Crippen LogP contribution in [0, 0.1) is 17.8 Å². The van der Waals surface area contributed by atoms with Crippen molar-refractivity contribution in [3.63, 3.8) is 0 Å². The van der Waals surface area contributed by atoms with E-state index in [0.29, 0.717) is 0 Å². The number of carbonyl (C=O) groups excluding carboxylic acids is 1. The summed E-state index contributed by atoms with van der Waals surface area (Å²) in [6, 6.07) is 1.05. The predicted octanol–water partition coefficient (Wildman–Crippen LogP) is 2.62. The van der Waals surface area contributed by atoms with Crippen molar-refractivity contribution in [1.82, 2.24) is 10.3 Å². The van der Waals surface area contributed by atoms with Gasteiger partial charge in [-0.15, -0.1) is 0 Å². The summed E-state index contributed by atoms with van der Waals surface area (Å²) in [4.78, 5) is 27.6. The molecule has 0 spiro atoms. The van der Waals surface area contributed by atoms with Crippen LogP contribution in [0.4, 0.5) is 0 Å². The lowest BCUT2D eigenvalue weighted by Gasteiger charge is -2.29. The van der Waals surface area contributed by atoms with Gasteiger partial charge in [0.25, 0.3) is 5.91 Å². The number of aromatic nitrogens is 1. The monoisotopic (exact) mass is 328 g/mol. The van der Waals surface area contributed by atoms with Crippen molar-refractivity contribution in [2.75, 3.05) is 0 Å². The van der Waals surface area contributed by atoms with Crippen LogP contribution in [0.25, 0.3) is 0 Å². The van der Waals surface area contributed by atoms with E-state index in [0.717, 1.165) is 19.3 Å². The Hall–Kier alpha value is -1.33. The number of halogens is 2. The first-order valence-electron chi connectivity index (χ1n) is 6.82. The minimum absolute atomic E-state index is 0.161. The molecule has 4 atom stereocenters. The Balaban J connectivity index is 1.81. The van der Waals surface area contributed by atoms with Crippen LogP contribution >= 0.6 is 23.2 Å². The fraction of sp³-hybridized carbons (Fsp3) is 0.500. The largest absolute Gasteiger partial charge is 0.481 e. The smallest absolute Gasteiger partial charge is 0.308 e. The summed E-state index contributed by atoms with van der Waals surface area (Å²) >= 11 is 11.7. The molecule has 4 unspecified atom stereocenters. The van der Waals surface area contributed by atoms with Gasteiger partial charge >= 0.3 is 5.97 Å². The van der Waals surface area contributed by atoms with Gasteiger partial charge in [-0.3, -0.25) is 9.59 Å². The fourth-order valence-electron chi connectivity index (χ4n) is 3.67. The average Bonchev–Trinajstić information content (AvgIpc) is 3.02. The summed E-state index contributed by atoms with van der Waals surface area (Å²) in [7, 11) is 0. The minimum atomic E-state index is -0.841. The molecule has 2 saturated carbocycles. The van der Waals surface area contributed by atoms with E-state index in [-0.39, 0.29) is 33.6 Å². The maximum absolute atomic E-state index is 12.3. The zero-order chi connectivity index (χ0) is 15.1. The molecule has 2 bridgehead atoms. The van der Waals surface area contributed by atoms with Crippen molar-refractivity contribution in [2.24, 2.45) is 17.8 Å². The molecule has 112 valence electrons. The highest BCUT2D eigenvalue weighted by atomic mass is 35.5. The third-order valence-corrected chi connectivity index (χ3v) is 5.07. The standard InChI is InChI=1S/C14H14Cl2N2O3/c15-9-5-17-10(16)4-8(9)13(19)18-12-7-2-1-6(3-7)11(12)14(20)21/h4-7,11-12H,1-3H2,(H,18,19)(H,20,21). The second-order valence-corrected chi connectivity index (χ2v) is 6.48. The summed E-state index contributed by atoms with van der Waals surface area (Å²) in [6.45, 7) is 0. The second kappa shape index (κ2) is 5.46. The van der Waals surface area contributed by atoms with Crippen molar-refractivity contribution in [2.45, 2.75) is 25.3 Å². The van der Waals surface area contributed by atoms with Crippen LogP contribution < -0.4 is 5.32 Å². The SMILES string of the molecule is O=C(NC1C2CCC(C2)C1C(=O)O)c1cc(Cl)ncc1Cl. The Morgan fingerprint density at radius 2 is 2.00 bits per heavy atom. The number of hydrogen-bond donors (Lipinski definition) is 2. The van der Waals surface area contributed by atoms with Crippen LogP contribution in [0.5, 0.6) is 0 Å². The molecule has 0 saturated heterocycles. The number of carboxylic acid groups (broad SMARTS) is 1. The van der Waals surface area contributed by atoms with Crippen LogP contribution in [0.1, 0.15) is 29.6 Å². The molecule has 7 heteroatoms. The number of nitrogens with zero attached hydrogens (tertiary/aromatic N) is 1. The number of pyridine rings is 1. The summed E-state index contributed by atoms with van der Waals surface area (Å²) < 4.78 is 0. The Morgan fingerprint density at radius 3 is 2.71 bits per heavy atom. The van der Waals surface area contributed by atoms with E-state index < -0.39 is 17.8 Å². The lowest BCUT2D eigenvalue weighted by atomic mass is 9.84. The molecular formula is C14H14Cl2N2O3. The molecule has 2 fully saturated rings. The van der Waals surface area contributed by atoms with Gasteiger partial charge < -0.3 is 10.4 Å². The maximum atomic E-state index is 12.3. The third-order valence-electron chi connectivity index (χ3n) is 4.57. The Bertz CT molecular complexity index is 608. The average molecular weight is 329 g/mol. The van der Waals surface area contributed by atoms with Crippen molar-refractivity contribution < 1.29 is 14.7 Å². The van der Waals surface area contributed by atoms with Gasteiger partial charge in [-0.05, 0) is 37.2 Å². The quantitative estimate of drug-likeness (QED) is 0.836. The molecule has 1 aromatic rings. The van der Waals surface area contributed by atoms with Gasteiger partial charge in [-0.1, -0.05) is 23.2 Å². The number of rotatable bonds is 3. The molecule has 0 aromatic carbocycles. The number of carbonyl (C=O) groups is 2. The molecule has 3 rings (SSSR count). The van der Waals surface area contributed by atoms with E-state index >= 15 is 0 Å². The van der Waals surface area contributed by atoms with Gasteiger partial charge in [0, 0.05) is 12.2 Å².